The topological polar surface area (TPSA) is 113 Å². The van der Waals surface area contributed by atoms with Gasteiger partial charge in [0.2, 0.25) is 0 Å². The summed E-state index contributed by atoms with van der Waals surface area (Å²) < 4.78 is 11.8. The molecule has 2 heterocycles. The average Bonchev–Trinajstić information content (AvgIpc) is 3.45. The highest BCUT2D eigenvalue weighted by Gasteiger charge is 2.46. The summed E-state index contributed by atoms with van der Waals surface area (Å²) in [6.07, 6.45) is 0.744. The number of carbonyl (C=O) groups excluding carboxylic acids is 2. The largest absolute Gasteiger partial charge is 0.489 e. The van der Waals surface area contributed by atoms with Crippen LogP contribution < -0.4 is 4.74 Å². The number of fused-ring (bicyclic) bond motifs is 1. The molecule has 1 saturated carbocycles. The molecule has 2 aliphatic rings. The predicted octanol–water partition coefficient (Wildman–Crippen LogP) is 7.75. The Kier molecular flexibility index (Phi) is 7.32. The summed E-state index contributed by atoms with van der Waals surface area (Å²) in [5, 5.41) is 26.6. The Morgan fingerprint density at radius 2 is 1.69 bits per heavy atom. The van der Waals surface area contributed by atoms with E-state index in [0.29, 0.717) is 56.2 Å². The van der Waals surface area contributed by atoms with E-state index in [2.05, 4.69) is 5.16 Å². The molecule has 8 nitrogen and oxygen atoms in total. The van der Waals surface area contributed by atoms with Gasteiger partial charge in [-0.3, -0.25) is 14.8 Å². The molecule has 4 aromatic rings. The van der Waals surface area contributed by atoms with Crippen molar-refractivity contribution in [3.63, 3.8) is 0 Å². The first-order chi connectivity index (χ1) is 20.0. The smallest absolute Gasteiger partial charge is 0.285 e. The van der Waals surface area contributed by atoms with Crippen LogP contribution in [0, 0.1) is 0 Å². The Morgan fingerprint density at radius 3 is 2.36 bits per heavy atom. The molecule has 1 fully saturated rings. The van der Waals surface area contributed by atoms with Gasteiger partial charge in [0.05, 0.1) is 37.4 Å². The minimum Gasteiger partial charge on any atom is -0.489 e. The number of benzene rings is 3. The van der Waals surface area contributed by atoms with E-state index in [-0.39, 0.29) is 34.6 Å². The lowest BCUT2D eigenvalue weighted by atomic mass is 9.65. The lowest BCUT2D eigenvalue weighted by molar-refractivity contribution is -0.0549. The van der Waals surface area contributed by atoms with Gasteiger partial charge in [-0.05, 0) is 60.7 Å². The second-order valence-corrected chi connectivity index (χ2v) is 12.1. The zero-order valence-electron chi connectivity index (χ0n) is 22.5. The number of aliphatic hydroxyl groups is 1. The van der Waals surface area contributed by atoms with Gasteiger partial charge in [0, 0.05) is 17.0 Å². The molecular weight excluding hydrogens is 603 g/mol. The van der Waals surface area contributed by atoms with Crippen LogP contribution in [0.2, 0.25) is 15.1 Å². The number of nitrogens with zero attached hydrogens (tertiary/aromatic N) is 2. The van der Waals surface area contributed by atoms with Crippen molar-refractivity contribution in [3.8, 4) is 17.0 Å². The van der Waals surface area contributed by atoms with Crippen molar-refractivity contribution in [2.24, 2.45) is 0 Å². The number of ether oxygens (including phenoxy) is 1. The second-order valence-electron chi connectivity index (χ2n) is 10.9. The fraction of sp³-hybridized carbons (Fsp3) is 0.258. The van der Waals surface area contributed by atoms with Crippen molar-refractivity contribution in [2.45, 2.75) is 50.7 Å². The molecule has 216 valence electrons. The highest BCUT2D eigenvalue weighted by atomic mass is 35.5. The summed E-state index contributed by atoms with van der Waals surface area (Å²) in [5.41, 5.74) is 2.31. The molecule has 0 saturated heterocycles. The maximum Gasteiger partial charge on any atom is 0.285 e. The summed E-state index contributed by atoms with van der Waals surface area (Å²) in [4.78, 5) is 24.1. The van der Waals surface area contributed by atoms with E-state index in [1.54, 1.807) is 48.5 Å². The van der Waals surface area contributed by atoms with Crippen LogP contribution in [-0.2, 0) is 12.2 Å². The number of halogens is 3. The third-order valence-electron chi connectivity index (χ3n) is 7.90. The summed E-state index contributed by atoms with van der Waals surface area (Å²) in [6.45, 7) is 4.10. The maximum atomic E-state index is 12.2. The van der Waals surface area contributed by atoms with E-state index < -0.39 is 17.4 Å². The molecule has 1 aromatic heterocycles. The van der Waals surface area contributed by atoms with Gasteiger partial charge in [0.25, 0.3) is 11.8 Å². The van der Waals surface area contributed by atoms with Gasteiger partial charge in [-0.25, -0.2) is 0 Å². The van der Waals surface area contributed by atoms with Crippen LogP contribution in [0.4, 0.5) is 0 Å². The summed E-state index contributed by atoms with van der Waals surface area (Å²) >= 11 is 19.5. The first-order valence-corrected chi connectivity index (χ1v) is 14.4. The van der Waals surface area contributed by atoms with Gasteiger partial charge in [0.15, 0.2) is 0 Å². The molecule has 3 aromatic carbocycles. The SMILES string of the molecule is CC(C)c1onc(-c2c(Cl)cccc2Cl)c1COc1ccc(C2(O)CC(c3ccc4c(c3)C(=O)N(O)C4=O)C2)c(Cl)c1. The standard InChI is InChI=1S/C31H25Cl3N2O6/c1-15(2)28-21(27(35-42-28)26-23(32)4-3-5-24(26)33)14-41-18-7-9-22(25(34)11-18)31(39)12-17(13-31)16-6-8-19-20(10-16)30(38)36(40)29(19)37/h3-11,15,17,39-40H,12-14H2,1-2H3. The summed E-state index contributed by atoms with van der Waals surface area (Å²) in [5.74, 6) is -0.368. The van der Waals surface area contributed by atoms with Gasteiger partial charge in [-0.2, -0.15) is 0 Å². The number of carbonyl (C=O) groups is 2. The van der Waals surface area contributed by atoms with Crippen LogP contribution in [0.3, 0.4) is 0 Å². The molecule has 6 rings (SSSR count). The number of hydroxylamine groups is 2. The van der Waals surface area contributed by atoms with Gasteiger partial charge in [-0.15, -0.1) is 5.06 Å². The number of imide groups is 1. The Labute approximate surface area is 256 Å². The molecule has 2 amide bonds. The normalized spacial score (nSPS) is 19.8. The monoisotopic (exact) mass is 626 g/mol. The van der Waals surface area contributed by atoms with Crippen molar-refractivity contribution in [1.82, 2.24) is 10.2 Å². The van der Waals surface area contributed by atoms with E-state index in [9.17, 15) is 19.9 Å². The quantitative estimate of drug-likeness (QED) is 0.159. The molecular formula is C31H25Cl3N2O6. The Morgan fingerprint density at radius 1 is 1.00 bits per heavy atom. The summed E-state index contributed by atoms with van der Waals surface area (Å²) in [6, 6.07) is 15.2. The predicted molar refractivity (Wildman–Crippen MR) is 156 cm³/mol. The summed E-state index contributed by atoms with van der Waals surface area (Å²) in [7, 11) is 0. The molecule has 0 unspecified atom stereocenters. The van der Waals surface area contributed by atoms with Crippen molar-refractivity contribution in [3.05, 3.63) is 103 Å². The average molecular weight is 628 g/mol. The lowest BCUT2D eigenvalue weighted by Crippen LogP contribution is -2.40. The van der Waals surface area contributed by atoms with Crippen LogP contribution in [0.25, 0.3) is 11.3 Å². The highest BCUT2D eigenvalue weighted by molar-refractivity contribution is 6.39. The minimum atomic E-state index is -1.17. The number of hydrogen-bond donors (Lipinski definition) is 2. The van der Waals surface area contributed by atoms with Crippen molar-refractivity contribution >= 4 is 46.6 Å². The lowest BCUT2D eigenvalue weighted by Gasteiger charge is -2.44. The molecule has 0 atom stereocenters. The van der Waals surface area contributed by atoms with Gasteiger partial charge >= 0.3 is 0 Å². The molecule has 1 aliphatic carbocycles. The maximum absolute atomic E-state index is 12.2. The van der Waals surface area contributed by atoms with E-state index in [0.717, 1.165) is 11.1 Å². The van der Waals surface area contributed by atoms with Gasteiger partial charge < -0.3 is 14.4 Å². The number of aromatic nitrogens is 1. The van der Waals surface area contributed by atoms with Crippen LogP contribution in [0.1, 0.15) is 81.7 Å². The second kappa shape index (κ2) is 10.7. The molecule has 11 heteroatoms. The zero-order chi connectivity index (χ0) is 29.9. The van der Waals surface area contributed by atoms with Crippen LogP contribution >= 0.6 is 34.8 Å². The molecule has 0 radical (unpaired) electrons. The van der Waals surface area contributed by atoms with E-state index in [1.165, 1.54) is 6.07 Å². The van der Waals surface area contributed by atoms with Gasteiger partial charge in [-0.1, -0.05) is 72.0 Å². The van der Waals surface area contributed by atoms with E-state index >= 15 is 0 Å². The van der Waals surface area contributed by atoms with E-state index in [1.807, 2.05) is 13.8 Å². The number of rotatable bonds is 7. The van der Waals surface area contributed by atoms with Crippen LogP contribution in [0.15, 0.2) is 59.1 Å². The molecule has 42 heavy (non-hydrogen) atoms. The Hall–Kier alpha value is -3.40. The van der Waals surface area contributed by atoms with Crippen molar-refractivity contribution < 1.29 is 29.2 Å². The third kappa shape index (κ3) is 4.77. The molecule has 1 aliphatic heterocycles. The molecule has 0 spiro atoms. The Balaban J connectivity index is 1.18. The zero-order valence-corrected chi connectivity index (χ0v) is 24.8. The number of amides is 2. The molecule has 2 N–H and O–H groups in total. The van der Waals surface area contributed by atoms with E-state index in [4.69, 9.17) is 44.1 Å². The van der Waals surface area contributed by atoms with Crippen molar-refractivity contribution in [2.75, 3.05) is 0 Å². The first-order valence-electron chi connectivity index (χ1n) is 13.3. The first kappa shape index (κ1) is 28.7. The van der Waals surface area contributed by atoms with Crippen LogP contribution in [0.5, 0.6) is 5.75 Å². The minimum absolute atomic E-state index is 0.0322. The highest BCUT2D eigenvalue weighted by Crippen LogP contribution is 2.53. The Bertz CT molecular complexity index is 1720. The van der Waals surface area contributed by atoms with Crippen molar-refractivity contribution in [1.29, 1.82) is 0 Å². The third-order valence-corrected chi connectivity index (χ3v) is 8.84. The fourth-order valence-corrected chi connectivity index (χ4v) is 6.59. The van der Waals surface area contributed by atoms with Crippen LogP contribution in [-0.4, -0.2) is 32.3 Å². The molecule has 0 bridgehead atoms. The van der Waals surface area contributed by atoms with Gasteiger partial charge in [0.1, 0.15) is 23.8 Å². The number of hydrogen-bond acceptors (Lipinski definition) is 7. The fourth-order valence-electron chi connectivity index (χ4n) is 5.66.